The van der Waals surface area contributed by atoms with Crippen LogP contribution in [0.2, 0.25) is 0 Å². The van der Waals surface area contributed by atoms with Crippen LogP contribution in [0, 0.1) is 22.6 Å². The molecule has 4 aliphatic carbocycles. The molecule has 6 heteroatoms. The average Bonchev–Trinajstić information content (AvgIpc) is 2.52. The second-order valence-corrected chi connectivity index (χ2v) is 9.66. The number of methoxy groups -OCH3 is 1. The van der Waals surface area contributed by atoms with Gasteiger partial charge in [0.15, 0.2) is 5.96 Å². The summed E-state index contributed by atoms with van der Waals surface area (Å²) in [5.74, 6) is -0.171. The van der Waals surface area contributed by atoms with Gasteiger partial charge in [-0.05, 0) is 73.5 Å². The number of nitrogens with two attached hydrogens (primary N) is 1. The van der Waals surface area contributed by atoms with Gasteiger partial charge in [-0.15, -0.1) is 0 Å². The normalized spacial score (nSPS) is 37.3. The van der Waals surface area contributed by atoms with Gasteiger partial charge in [-0.25, -0.2) is 14.2 Å². The van der Waals surface area contributed by atoms with Crippen molar-refractivity contribution >= 4 is 17.6 Å². The second-order valence-electron chi connectivity index (χ2n) is 9.66. The van der Waals surface area contributed by atoms with E-state index in [2.05, 4.69) is 23.9 Å². The first kappa shape index (κ1) is 18.3. The van der Waals surface area contributed by atoms with Gasteiger partial charge in [-0.2, -0.15) is 0 Å². The fourth-order valence-electron chi connectivity index (χ4n) is 6.79. The molecule has 4 atom stereocenters. The molecule has 146 valence electrons. The summed E-state index contributed by atoms with van der Waals surface area (Å²) in [6.07, 6.45) is 7.03. The smallest absolute Gasteiger partial charge is 0.337 e. The minimum Gasteiger partial charge on any atom is -0.465 e. The molecule has 4 saturated carbocycles. The zero-order valence-electron chi connectivity index (χ0n) is 16.3. The lowest BCUT2D eigenvalue weighted by Crippen LogP contribution is -2.58. The topological polar surface area (TPSA) is 76.7 Å². The van der Waals surface area contributed by atoms with Crippen LogP contribution >= 0.6 is 0 Å². The first-order chi connectivity index (χ1) is 12.6. The number of halogens is 1. The van der Waals surface area contributed by atoms with Crippen LogP contribution in [0.1, 0.15) is 62.7 Å². The number of guanidine groups is 1. The zero-order chi connectivity index (χ0) is 19.4. The van der Waals surface area contributed by atoms with Crippen molar-refractivity contribution in [2.75, 3.05) is 12.4 Å². The summed E-state index contributed by atoms with van der Waals surface area (Å²) < 4.78 is 19.0. The lowest BCUT2D eigenvalue weighted by Gasteiger charge is -2.64. The molecule has 0 aliphatic heterocycles. The third-order valence-electron chi connectivity index (χ3n) is 6.61. The molecule has 2 unspecified atom stereocenters. The molecule has 4 fully saturated rings. The van der Waals surface area contributed by atoms with Crippen molar-refractivity contribution in [3.8, 4) is 0 Å². The fraction of sp³-hybridized carbons (Fsp3) is 0.619. The van der Waals surface area contributed by atoms with Crippen molar-refractivity contribution in [1.29, 1.82) is 0 Å². The molecule has 4 aliphatic rings. The van der Waals surface area contributed by atoms with E-state index in [0.29, 0.717) is 16.7 Å². The molecule has 0 spiro atoms. The number of hydrogen-bond acceptors (Lipinski definition) is 3. The van der Waals surface area contributed by atoms with E-state index in [9.17, 15) is 9.18 Å². The van der Waals surface area contributed by atoms with Gasteiger partial charge in [0.1, 0.15) is 5.82 Å². The lowest BCUT2D eigenvalue weighted by atomic mass is 9.43. The predicted octanol–water partition coefficient (Wildman–Crippen LogP) is 4.09. The highest BCUT2D eigenvalue weighted by molar-refractivity contribution is 5.94. The van der Waals surface area contributed by atoms with E-state index in [1.807, 2.05) is 0 Å². The number of hydrogen-bond donors (Lipinski definition) is 2. The van der Waals surface area contributed by atoms with Crippen molar-refractivity contribution in [3.05, 3.63) is 29.6 Å². The highest BCUT2D eigenvalue weighted by atomic mass is 19.1. The first-order valence-corrected chi connectivity index (χ1v) is 9.64. The third kappa shape index (κ3) is 3.30. The monoisotopic (exact) mass is 373 g/mol. The Kier molecular flexibility index (Phi) is 4.02. The fourth-order valence-corrected chi connectivity index (χ4v) is 6.79. The number of carbonyl (C=O) groups excluding carboxylic acids is 1. The van der Waals surface area contributed by atoms with Crippen LogP contribution in [0.4, 0.5) is 10.1 Å². The molecular weight excluding hydrogens is 345 g/mol. The van der Waals surface area contributed by atoms with E-state index >= 15 is 0 Å². The van der Waals surface area contributed by atoms with E-state index in [1.54, 1.807) is 0 Å². The second kappa shape index (κ2) is 5.94. The summed E-state index contributed by atoms with van der Waals surface area (Å²) in [6, 6.07) is 4.15. The minimum atomic E-state index is -0.572. The molecule has 5 rings (SSSR count). The minimum absolute atomic E-state index is 0.136. The Morgan fingerprint density at radius 3 is 2.44 bits per heavy atom. The molecule has 5 nitrogen and oxygen atoms in total. The Hall–Kier alpha value is -2.11. The summed E-state index contributed by atoms with van der Waals surface area (Å²) in [5, 5.41) is 2.90. The van der Waals surface area contributed by atoms with Crippen LogP contribution in [0.3, 0.4) is 0 Å². The van der Waals surface area contributed by atoms with Crippen molar-refractivity contribution < 1.29 is 13.9 Å². The van der Waals surface area contributed by atoms with E-state index < -0.39 is 11.8 Å². The first-order valence-electron chi connectivity index (χ1n) is 9.64. The van der Waals surface area contributed by atoms with Gasteiger partial charge in [-0.3, -0.25) is 0 Å². The summed E-state index contributed by atoms with van der Waals surface area (Å²) in [6.45, 7) is 4.77. The van der Waals surface area contributed by atoms with E-state index in [0.717, 1.165) is 25.3 Å². The number of aliphatic imine (C=N–C) groups is 1. The van der Waals surface area contributed by atoms with E-state index in [4.69, 9.17) is 10.7 Å². The highest BCUT2D eigenvalue weighted by Gasteiger charge is 2.60. The Labute approximate surface area is 159 Å². The molecular formula is C21H28FN3O2. The van der Waals surface area contributed by atoms with Gasteiger partial charge in [0.05, 0.1) is 23.9 Å². The van der Waals surface area contributed by atoms with Gasteiger partial charge in [0.25, 0.3) is 0 Å². The standard InChI is InChI=1S/C21H28FN3O2/c1-19-7-13-8-20(2,10-19)12-21(9-13,11-19)25-18(23)24-16-5-4-14(6-15(16)22)17(26)27-3/h4-6,13H,7-12H2,1-3H3,(H3,23,24,25)/t13?,19-,20+,21?. The number of benzene rings is 1. The van der Waals surface area contributed by atoms with Crippen molar-refractivity contribution in [2.24, 2.45) is 27.5 Å². The molecule has 0 radical (unpaired) electrons. The Bertz CT molecular complexity index is 804. The third-order valence-corrected chi connectivity index (χ3v) is 6.61. The van der Waals surface area contributed by atoms with Gasteiger partial charge in [-0.1, -0.05) is 13.8 Å². The maximum atomic E-state index is 14.3. The molecule has 0 saturated heterocycles. The number of nitrogens with zero attached hydrogens (tertiary/aromatic N) is 1. The van der Waals surface area contributed by atoms with Crippen LogP contribution in [-0.2, 0) is 4.74 Å². The Morgan fingerprint density at radius 1 is 1.22 bits per heavy atom. The van der Waals surface area contributed by atoms with E-state index in [-0.39, 0.29) is 22.7 Å². The van der Waals surface area contributed by atoms with Crippen LogP contribution in [0.5, 0.6) is 0 Å². The molecule has 0 heterocycles. The molecule has 0 aromatic heterocycles. The number of esters is 1. The van der Waals surface area contributed by atoms with Crippen molar-refractivity contribution in [3.63, 3.8) is 0 Å². The zero-order valence-corrected chi connectivity index (χ0v) is 16.3. The quantitative estimate of drug-likeness (QED) is 0.475. The number of nitrogens with one attached hydrogen (secondary N) is 1. The molecule has 1 aromatic carbocycles. The molecule has 27 heavy (non-hydrogen) atoms. The summed E-state index contributed by atoms with van der Waals surface area (Å²) in [5.41, 5.74) is 7.11. The van der Waals surface area contributed by atoms with Crippen LogP contribution in [0.25, 0.3) is 0 Å². The van der Waals surface area contributed by atoms with Gasteiger partial charge in [0, 0.05) is 0 Å². The Balaban J connectivity index is 1.56. The molecule has 4 bridgehead atoms. The largest absolute Gasteiger partial charge is 0.465 e. The van der Waals surface area contributed by atoms with Gasteiger partial charge < -0.3 is 15.8 Å². The van der Waals surface area contributed by atoms with Crippen LogP contribution in [-0.4, -0.2) is 24.6 Å². The van der Waals surface area contributed by atoms with Crippen molar-refractivity contribution in [1.82, 2.24) is 0 Å². The van der Waals surface area contributed by atoms with Crippen molar-refractivity contribution in [2.45, 2.75) is 57.9 Å². The highest BCUT2D eigenvalue weighted by Crippen LogP contribution is 2.67. The average molecular weight is 373 g/mol. The number of ether oxygens (including phenoxy) is 1. The molecule has 0 amide bonds. The van der Waals surface area contributed by atoms with E-state index in [1.165, 1.54) is 38.5 Å². The SMILES string of the molecule is COC(=O)c1ccc(NC(N)=NC23CC4C[C@@](C)(C2)C[C@](C)(C4)C3)c(F)c1. The lowest BCUT2D eigenvalue weighted by molar-refractivity contribution is -0.104. The summed E-state index contributed by atoms with van der Waals surface area (Å²) in [7, 11) is 1.27. The summed E-state index contributed by atoms with van der Waals surface area (Å²) >= 11 is 0. The van der Waals surface area contributed by atoms with Gasteiger partial charge in [0.2, 0.25) is 0 Å². The number of anilines is 1. The van der Waals surface area contributed by atoms with Crippen LogP contribution in [0.15, 0.2) is 23.2 Å². The van der Waals surface area contributed by atoms with Crippen LogP contribution < -0.4 is 11.1 Å². The number of rotatable bonds is 3. The Morgan fingerprint density at radius 2 is 1.89 bits per heavy atom. The maximum absolute atomic E-state index is 14.3. The predicted molar refractivity (Wildman–Crippen MR) is 103 cm³/mol. The maximum Gasteiger partial charge on any atom is 0.337 e. The summed E-state index contributed by atoms with van der Waals surface area (Å²) in [4.78, 5) is 16.4. The molecule has 1 aromatic rings. The number of carbonyl (C=O) groups is 1. The molecule has 3 N–H and O–H groups in total. The van der Waals surface area contributed by atoms with Gasteiger partial charge >= 0.3 is 5.97 Å².